The number of nitrogens with zero attached hydrogens (tertiary/aromatic N) is 7. The van der Waals surface area contributed by atoms with Crippen LogP contribution in [0, 0.1) is 23.6 Å². The first-order valence-electron chi connectivity index (χ1n) is 15.8. The fourth-order valence-electron chi connectivity index (χ4n) is 4.63. The number of hydrogen-bond acceptors (Lipinski definition) is 14. The molecular weight excluding hydrogens is 739 g/mol. The van der Waals surface area contributed by atoms with Crippen molar-refractivity contribution in [2.24, 2.45) is 10.4 Å². The summed E-state index contributed by atoms with van der Waals surface area (Å²) < 4.78 is 36.4. The number of nitrogens with one attached hydrogen (secondary N) is 3. The minimum atomic E-state index is -4.10. The van der Waals surface area contributed by atoms with Crippen LogP contribution in [0.2, 0.25) is 0 Å². The van der Waals surface area contributed by atoms with Crippen molar-refractivity contribution in [2.75, 3.05) is 54.3 Å². The zero-order valence-corrected chi connectivity index (χ0v) is 32.5. The molecule has 0 atom stereocenters. The summed E-state index contributed by atoms with van der Waals surface area (Å²) >= 11 is 2.75. The number of amides is 1. The maximum absolute atomic E-state index is 14.5. The number of thioether (sulfide) groups is 1. The fourth-order valence-corrected chi connectivity index (χ4v) is 6.15. The van der Waals surface area contributed by atoms with E-state index in [2.05, 4.69) is 80.8 Å². The van der Waals surface area contributed by atoms with Crippen LogP contribution in [0.1, 0.15) is 47.4 Å². The number of rotatable bonds is 10. The number of fused-ring (bicyclic) bond motifs is 2. The van der Waals surface area contributed by atoms with E-state index in [-0.39, 0.29) is 35.7 Å². The third kappa shape index (κ3) is 13.1. The van der Waals surface area contributed by atoms with Gasteiger partial charge < -0.3 is 34.8 Å². The summed E-state index contributed by atoms with van der Waals surface area (Å²) in [5.74, 6) is 3.01. The first-order valence-corrected chi connectivity index (χ1v) is 19.6. The van der Waals surface area contributed by atoms with Gasteiger partial charge in [0.1, 0.15) is 17.3 Å². The SMILES string of the molecule is C#CCN1C(=O)COc2cc(F)c(/N=c3\snc4n3CC(C)(C)C4)cc21.CCNc1nc(NC(C)(C)C)nc(SC)n1.O=C(O)CNCP(=O)(O)O. The molecule has 0 unspecified atom stereocenters. The summed E-state index contributed by atoms with van der Waals surface area (Å²) in [6.45, 7) is 13.6. The van der Waals surface area contributed by atoms with Crippen LogP contribution in [0.15, 0.2) is 22.3 Å². The summed E-state index contributed by atoms with van der Waals surface area (Å²) in [6.07, 6.45) is 7.57. The van der Waals surface area contributed by atoms with E-state index in [1.54, 1.807) is 0 Å². The highest BCUT2D eigenvalue weighted by molar-refractivity contribution is 7.98. The molecule has 3 aromatic rings. The van der Waals surface area contributed by atoms with Crippen LogP contribution >= 0.6 is 30.9 Å². The Balaban J connectivity index is 0.000000240. The molecule has 2 aliphatic heterocycles. The Hall–Kier alpha value is -4.12. The molecule has 52 heavy (non-hydrogen) atoms. The molecule has 1 amide bonds. The van der Waals surface area contributed by atoms with Crippen LogP contribution in [-0.2, 0) is 27.1 Å². The van der Waals surface area contributed by atoms with E-state index in [1.165, 1.54) is 40.3 Å². The Morgan fingerprint density at radius 2 is 1.94 bits per heavy atom. The highest BCUT2D eigenvalue weighted by Crippen LogP contribution is 2.37. The highest BCUT2D eigenvalue weighted by atomic mass is 32.2. The smallest absolute Gasteiger partial charge is 0.339 e. The molecule has 0 bridgehead atoms. The summed E-state index contributed by atoms with van der Waals surface area (Å²) in [6, 6.07) is 2.76. The second kappa shape index (κ2) is 18.1. The second-order valence-electron chi connectivity index (χ2n) is 13.2. The van der Waals surface area contributed by atoms with Gasteiger partial charge in [-0.05, 0) is 45.4 Å². The quantitative estimate of drug-likeness (QED) is 0.0985. The highest BCUT2D eigenvalue weighted by Gasteiger charge is 2.31. The molecule has 2 aromatic heterocycles. The molecule has 0 spiro atoms. The van der Waals surface area contributed by atoms with Crippen LogP contribution in [0.3, 0.4) is 0 Å². The molecular formula is C31H44FN10O7PS2. The molecule has 6 N–H and O–H groups in total. The first-order chi connectivity index (χ1) is 24.2. The maximum Gasteiger partial charge on any atom is 0.339 e. The molecule has 2 aliphatic rings. The van der Waals surface area contributed by atoms with Gasteiger partial charge in [-0.2, -0.15) is 19.3 Å². The van der Waals surface area contributed by atoms with Crippen LogP contribution in [-0.4, -0.2) is 95.0 Å². The van der Waals surface area contributed by atoms with Crippen LogP contribution in [0.5, 0.6) is 5.75 Å². The number of carboxylic acids is 1. The van der Waals surface area contributed by atoms with Gasteiger partial charge in [-0.15, -0.1) is 6.42 Å². The van der Waals surface area contributed by atoms with Gasteiger partial charge in [0.05, 0.1) is 25.1 Å². The van der Waals surface area contributed by atoms with E-state index in [4.69, 9.17) is 26.1 Å². The molecule has 0 radical (unpaired) electrons. The lowest BCUT2D eigenvalue weighted by Gasteiger charge is -2.28. The van der Waals surface area contributed by atoms with Gasteiger partial charge >= 0.3 is 13.6 Å². The number of benzene rings is 1. The van der Waals surface area contributed by atoms with Crippen molar-refractivity contribution < 1.29 is 38.2 Å². The average Bonchev–Trinajstić information content (AvgIpc) is 3.53. The Morgan fingerprint density at radius 3 is 2.54 bits per heavy atom. The summed E-state index contributed by atoms with van der Waals surface area (Å²) in [5, 5.41) is 17.1. The predicted molar refractivity (Wildman–Crippen MR) is 198 cm³/mol. The van der Waals surface area contributed by atoms with Gasteiger partial charge in [0.2, 0.25) is 16.7 Å². The molecule has 4 heterocycles. The minimum Gasteiger partial charge on any atom is -0.481 e. The van der Waals surface area contributed by atoms with E-state index in [0.717, 1.165) is 30.5 Å². The van der Waals surface area contributed by atoms with E-state index in [9.17, 15) is 18.5 Å². The van der Waals surface area contributed by atoms with Crippen molar-refractivity contribution in [3.63, 3.8) is 0 Å². The number of terminal acetylenes is 1. The zero-order valence-electron chi connectivity index (χ0n) is 29.9. The van der Waals surface area contributed by atoms with Gasteiger partial charge in [-0.3, -0.25) is 24.4 Å². The number of ether oxygens (including phenoxy) is 1. The van der Waals surface area contributed by atoms with Crippen molar-refractivity contribution in [1.82, 2.24) is 29.2 Å². The normalized spacial score (nSPS) is 14.8. The molecule has 0 fully saturated rings. The third-order valence-corrected chi connectivity index (χ3v) is 8.61. The summed E-state index contributed by atoms with van der Waals surface area (Å²) in [7, 11) is -4.10. The van der Waals surface area contributed by atoms with Crippen LogP contribution in [0.25, 0.3) is 0 Å². The molecule has 1 aromatic carbocycles. The molecule has 0 aliphatic carbocycles. The Kier molecular flexibility index (Phi) is 14.7. The minimum absolute atomic E-state index is 0.0550. The lowest BCUT2D eigenvalue weighted by molar-refractivity contribution is -0.135. The van der Waals surface area contributed by atoms with Gasteiger partial charge in [-0.1, -0.05) is 31.5 Å². The Bertz CT molecular complexity index is 1900. The van der Waals surface area contributed by atoms with Crippen molar-refractivity contribution in [1.29, 1.82) is 0 Å². The largest absolute Gasteiger partial charge is 0.481 e. The maximum atomic E-state index is 14.5. The van der Waals surface area contributed by atoms with E-state index < -0.39 is 32.2 Å². The topological polar surface area (TPSA) is 229 Å². The fraction of sp³-hybridized carbons (Fsp3) is 0.516. The number of aliphatic carboxylic acids is 1. The van der Waals surface area contributed by atoms with E-state index in [0.29, 0.717) is 28.1 Å². The number of aromatic nitrogens is 5. The number of carbonyl (C=O) groups excluding carboxylic acids is 1. The molecule has 17 nitrogen and oxygen atoms in total. The average molecular weight is 783 g/mol. The summed E-state index contributed by atoms with van der Waals surface area (Å²) in [5.41, 5.74) is 0.623. The zero-order chi connectivity index (χ0) is 38.9. The monoisotopic (exact) mass is 782 g/mol. The molecule has 21 heteroatoms. The number of halogens is 1. The van der Waals surface area contributed by atoms with Gasteiger partial charge in [0.15, 0.2) is 17.6 Å². The van der Waals surface area contributed by atoms with E-state index >= 15 is 0 Å². The van der Waals surface area contributed by atoms with Crippen LogP contribution in [0.4, 0.5) is 27.7 Å². The van der Waals surface area contributed by atoms with Crippen LogP contribution < -0.4 is 30.4 Å². The standard InChI is InChI=1S/C18H17FN4O2S.C10H19N5S.C3H8NO5P/c1-4-5-22-13-7-12(11(19)6-14(13)25-9-16(22)24)20-17-23-10-18(2,3)8-15(23)21-26-17;1-6-11-7-12-8(15-10(2,3)4)14-9(13-7)16-5;5-3(6)1-4-2-10(7,8)9/h1,6-7H,5,8-10H2,2-3H3;6H2,1-5H3,(H2,11,12,13,14,15);4H,1-2H2,(H,5,6)(H2,7,8,9)/b20-17-;;. The Labute approximate surface area is 309 Å². The number of anilines is 3. The van der Waals surface area contributed by atoms with Crippen molar-refractivity contribution in [2.45, 2.75) is 65.2 Å². The molecule has 0 saturated heterocycles. The Morgan fingerprint density at radius 1 is 1.25 bits per heavy atom. The number of carboxylic acid groups (broad SMARTS) is 1. The first kappa shape index (κ1) is 42.3. The van der Waals surface area contributed by atoms with Crippen molar-refractivity contribution in [3.05, 3.63) is 28.6 Å². The van der Waals surface area contributed by atoms with Crippen molar-refractivity contribution in [3.8, 4) is 18.1 Å². The third-order valence-electron chi connectivity index (χ3n) is 6.65. The second-order valence-corrected chi connectivity index (χ2v) is 16.3. The van der Waals surface area contributed by atoms with Gasteiger partial charge in [0, 0.05) is 42.6 Å². The lowest BCUT2D eigenvalue weighted by Crippen LogP contribution is -2.39. The van der Waals surface area contributed by atoms with Crippen molar-refractivity contribution >= 4 is 66.0 Å². The van der Waals surface area contributed by atoms with Gasteiger partial charge in [-0.25, -0.2) is 9.38 Å². The lowest BCUT2D eigenvalue weighted by atomic mass is 9.92. The number of carbonyl (C=O) groups is 2. The molecule has 0 saturated carbocycles. The summed E-state index contributed by atoms with van der Waals surface area (Å²) in [4.78, 5) is 57.6. The van der Waals surface area contributed by atoms with Gasteiger partial charge in [0.25, 0.3) is 5.91 Å². The molecule has 284 valence electrons. The molecule has 5 rings (SSSR count). The van der Waals surface area contributed by atoms with E-state index in [1.807, 2.05) is 17.7 Å². The number of hydrogen-bond donors (Lipinski definition) is 6. The predicted octanol–water partition coefficient (Wildman–Crippen LogP) is 3.29.